The Balaban J connectivity index is 1.80. The minimum Gasteiger partial charge on any atom is -0.311 e. The second kappa shape index (κ2) is 5.54. The van der Waals surface area contributed by atoms with Gasteiger partial charge in [-0.3, -0.25) is 4.68 Å². The zero-order chi connectivity index (χ0) is 12.1. The number of benzene rings is 1. The summed E-state index contributed by atoms with van der Waals surface area (Å²) in [7, 11) is 0. The average Bonchev–Trinajstić information content (AvgIpc) is 2.82. The van der Waals surface area contributed by atoms with E-state index in [0.717, 1.165) is 24.2 Å². The minimum atomic E-state index is -0.191. The van der Waals surface area contributed by atoms with Crippen LogP contribution in [0.3, 0.4) is 0 Å². The first kappa shape index (κ1) is 11.7. The molecule has 4 nitrogen and oxygen atoms in total. The molecule has 0 aliphatic heterocycles. The van der Waals surface area contributed by atoms with Crippen molar-refractivity contribution in [1.82, 2.24) is 20.3 Å². The molecule has 1 heterocycles. The summed E-state index contributed by atoms with van der Waals surface area (Å²) in [6.45, 7) is 4.18. The Bertz CT molecular complexity index is 467. The molecule has 0 saturated heterocycles. The molecule has 1 aromatic carbocycles. The number of aromatic nitrogens is 3. The molecular formula is C12H15FN4. The molecule has 1 N–H and O–H groups in total. The van der Waals surface area contributed by atoms with Crippen molar-refractivity contribution >= 4 is 0 Å². The molecule has 0 bridgehead atoms. The van der Waals surface area contributed by atoms with Crippen LogP contribution in [0, 0.1) is 12.7 Å². The maximum atomic E-state index is 13.0. The van der Waals surface area contributed by atoms with E-state index in [1.165, 1.54) is 6.07 Å². The Labute approximate surface area is 99.5 Å². The average molecular weight is 234 g/mol. The van der Waals surface area contributed by atoms with Gasteiger partial charge >= 0.3 is 0 Å². The topological polar surface area (TPSA) is 42.7 Å². The van der Waals surface area contributed by atoms with Gasteiger partial charge in [-0.25, -0.2) is 4.39 Å². The van der Waals surface area contributed by atoms with Gasteiger partial charge in [0.25, 0.3) is 0 Å². The van der Waals surface area contributed by atoms with Gasteiger partial charge in [-0.2, -0.15) is 0 Å². The Morgan fingerprint density at radius 2 is 2.29 bits per heavy atom. The van der Waals surface area contributed by atoms with Crippen molar-refractivity contribution < 1.29 is 4.39 Å². The summed E-state index contributed by atoms with van der Waals surface area (Å²) in [6.07, 6.45) is 3.46. The summed E-state index contributed by atoms with van der Waals surface area (Å²) in [5.41, 5.74) is 2.09. The van der Waals surface area contributed by atoms with E-state index in [2.05, 4.69) is 15.6 Å². The van der Waals surface area contributed by atoms with E-state index in [1.54, 1.807) is 23.0 Å². The summed E-state index contributed by atoms with van der Waals surface area (Å²) in [4.78, 5) is 0. The van der Waals surface area contributed by atoms with Crippen LogP contribution >= 0.6 is 0 Å². The Kier molecular flexibility index (Phi) is 3.82. The number of rotatable bonds is 5. The van der Waals surface area contributed by atoms with Crippen molar-refractivity contribution in [2.45, 2.75) is 20.0 Å². The fourth-order valence-electron chi connectivity index (χ4n) is 1.60. The van der Waals surface area contributed by atoms with Crippen molar-refractivity contribution in [3.05, 3.63) is 47.5 Å². The molecule has 17 heavy (non-hydrogen) atoms. The molecule has 0 spiro atoms. The predicted molar refractivity (Wildman–Crippen MR) is 62.9 cm³/mol. The maximum absolute atomic E-state index is 13.0. The molecule has 0 saturated carbocycles. The highest BCUT2D eigenvalue weighted by Gasteiger charge is 2.00. The predicted octanol–water partition coefficient (Wildman–Crippen LogP) is 1.52. The second-order valence-electron chi connectivity index (χ2n) is 3.91. The third-order valence-electron chi connectivity index (χ3n) is 2.62. The number of halogens is 1. The lowest BCUT2D eigenvalue weighted by Crippen LogP contribution is -2.20. The molecule has 0 aliphatic carbocycles. The van der Waals surface area contributed by atoms with Crippen LogP contribution in [0.2, 0.25) is 0 Å². The van der Waals surface area contributed by atoms with Crippen LogP contribution in [0.25, 0.3) is 0 Å². The van der Waals surface area contributed by atoms with Crippen LogP contribution in [0.4, 0.5) is 4.39 Å². The maximum Gasteiger partial charge on any atom is 0.123 e. The highest BCUT2D eigenvalue weighted by atomic mass is 19.1. The highest BCUT2D eigenvalue weighted by Crippen LogP contribution is 2.09. The summed E-state index contributed by atoms with van der Waals surface area (Å²) < 4.78 is 14.8. The van der Waals surface area contributed by atoms with Crippen LogP contribution in [0.15, 0.2) is 30.6 Å². The van der Waals surface area contributed by atoms with Crippen molar-refractivity contribution in [3.8, 4) is 0 Å². The number of nitrogens with zero attached hydrogens (tertiary/aromatic N) is 3. The minimum absolute atomic E-state index is 0.191. The first-order valence-corrected chi connectivity index (χ1v) is 5.55. The standard InChI is InChI=1S/C12H15FN4/c1-10-2-3-12(13)8-11(10)9-14-4-6-17-7-5-15-16-17/h2-3,5,7-8,14H,4,6,9H2,1H3. The van der Waals surface area contributed by atoms with Gasteiger partial charge < -0.3 is 5.32 Å². The SMILES string of the molecule is Cc1ccc(F)cc1CNCCn1ccnn1. The molecule has 2 rings (SSSR count). The van der Waals surface area contributed by atoms with Gasteiger partial charge in [0.05, 0.1) is 12.7 Å². The summed E-state index contributed by atoms with van der Waals surface area (Å²) in [6, 6.07) is 4.84. The lowest BCUT2D eigenvalue weighted by atomic mass is 10.1. The zero-order valence-electron chi connectivity index (χ0n) is 9.73. The van der Waals surface area contributed by atoms with Crippen LogP contribution in [0.5, 0.6) is 0 Å². The van der Waals surface area contributed by atoms with E-state index < -0.39 is 0 Å². The lowest BCUT2D eigenvalue weighted by Gasteiger charge is -2.07. The Morgan fingerprint density at radius 3 is 3.06 bits per heavy atom. The fraction of sp³-hybridized carbons (Fsp3) is 0.333. The third kappa shape index (κ3) is 3.35. The molecule has 0 atom stereocenters. The smallest absolute Gasteiger partial charge is 0.123 e. The Hall–Kier alpha value is -1.75. The summed E-state index contributed by atoms with van der Waals surface area (Å²) in [5.74, 6) is -0.191. The molecule has 2 aromatic rings. The van der Waals surface area contributed by atoms with Gasteiger partial charge in [-0.1, -0.05) is 11.3 Å². The van der Waals surface area contributed by atoms with E-state index in [-0.39, 0.29) is 5.82 Å². The van der Waals surface area contributed by atoms with Gasteiger partial charge in [0.2, 0.25) is 0 Å². The van der Waals surface area contributed by atoms with Crippen LogP contribution in [0.1, 0.15) is 11.1 Å². The largest absolute Gasteiger partial charge is 0.311 e. The van der Waals surface area contributed by atoms with Crippen LogP contribution in [-0.4, -0.2) is 21.5 Å². The number of hydrogen-bond acceptors (Lipinski definition) is 3. The van der Waals surface area contributed by atoms with E-state index >= 15 is 0 Å². The first-order valence-electron chi connectivity index (χ1n) is 5.55. The van der Waals surface area contributed by atoms with Crippen LogP contribution in [-0.2, 0) is 13.1 Å². The van der Waals surface area contributed by atoms with E-state index in [1.807, 2.05) is 13.1 Å². The molecular weight excluding hydrogens is 219 g/mol. The molecule has 0 unspecified atom stereocenters. The zero-order valence-corrected chi connectivity index (χ0v) is 9.73. The van der Waals surface area contributed by atoms with E-state index in [9.17, 15) is 4.39 Å². The summed E-state index contributed by atoms with van der Waals surface area (Å²) in [5, 5.41) is 10.8. The molecule has 0 radical (unpaired) electrons. The molecule has 0 amide bonds. The van der Waals surface area contributed by atoms with Crippen molar-refractivity contribution in [2.75, 3.05) is 6.54 Å². The Morgan fingerprint density at radius 1 is 1.41 bits per heavy atom. The molecule has 1 aromatic heterocycles. The van der Waals surface area contributed by atoms with E-state index in [4.69, 9.17) is 0 Å². The van der Waals surface area contributed by atoms with Crippen molar-refractivity contribution in [1.29, 1.82) is 0 Å². The number of aryl methyl sites for hydroxylation is 1. The third-order valence-corrected chi connectivity index (χ3v) is 2.62. The highest BCUT2D eigenvalue weighted by molar-refractivity contribution is 5.26. The van der Waals surface area contributed by atoms with Gasteiger partial charge in [-0.05, 0) is 30.2 Å². The number of hydrogen-bond donors (Lipinski definition) is 1. The van der Waals surface area contributed by atoms with Gasteiger partial charge in [0.1, 0.15) is 5.82 Å². The fourth-order valence-corrected chi connectivity index (χ4v) is 1.60. The second-order valence-corrected chi connectivity index (χ2v) is 3.91. The number of nitrogens with one attached hydrogen (secondary N) is 1. The summed E-state index contributed by atoms with van der Waals surface area (Å²) >= 11 is 0. The lowest BCUT2D eigenvalue weighted by molar-refractivity contribution is 0.538. The van der Waals surface area contributed by atoms with Gasteiger partial charge in [-0.15, -0.1) is 5.10 Å². The molecule has 90 valence electrons. The van der Waals surface area contributed by atoms with Crippen molar-refractivity contribution in [2.24, 2.45) is 0 Å². The normalized spacial score (nSPS) is 10.7. The monoisotopic (exact) mass is 234 g/mol. The van der Waals surface area contributed by atoms with Crippen LogP contribution < -0.4 is 5.32 Å². The first-order chi connectivity index (χ1) is 8.25. The van der Waals surface area contributed by atoms with Gasteiger partial charge in [0, 0.05) is 19.3 Å². The quantitative estimate of drug-likeness (QED) is 0.797. The molecule has 0 fully saturated rings. The van der Waals surface area contributed by atoms with Gasteiger partial charge in [0.15, 0.2) is 0 Å². The molecule has 5 heteroatoms. The van der Waals surface area contributed by atoms with E-state index in [0.29, 0.717) is 6.54 Å². The van der Waals surface area contributed by atoms with Crippen molar-refractivity contribution in [3.63, 3.8) is 0 Å². The molecule has 0 aliphatic rings.